The van der Waals surface area contributed by atoms with E-state index in [0.29, 0.717) is 28.1 Å². The first-order valence-corrected chi connectivity index (χ1v) is 7.33. The molecule has 0 bridgehead atoms. The standard InChI is InChI=1S/C18H12F2N2O2/c1-24-14-6-5-9(19)7-12(14)10-3-2-4-11-16(20)15-13(22-17(10)11)8-21-18(15)23/h2-7H,8H2,1H3,(H,21,23). The van der Waals surface area contributed by atoms with Crippen LogP contribution in [0.1, 0.15) is 16.1 Å². The number of benzene rings is 2. The predicted octanol–water partition coefficient (Wildman–Crippen LogP) is 3.43. The minimum absolute atomic E-state index is 0.0224. The van der Waals surface area contributed by atoms with Crippen LogP contribution in [-0.4, -0.2) is 18.0 Å². The van der Waals surface area contributed by atoms with Gasteiger partial charge in [0.05, 0.1) is 30.4 Å². The average molecular weight is 326 g/mol. The Balaban J connectivity index is 2.07. The molecule has 0 spiro atoms. The third-order valence-corrected chi connectivity index (χ3v) is 4.12. The number of ether oxygens (including phenoxy) is 1. The number of fused-ring (bicyclic) bond motifs is 2. The van der Waals surface area contributed by atoms with Crippen molar-refractivity contribution in [2.45, 2.75) is 6.54 Å². The highest BCUT2D eigenvalue weighted by atomic mass is 19.1. The van der Waals surface area contributed by atoms with Gasteiger partial charge in [-0.25, -0.2) is 13.8 Å². The Bertz CT molecular complexity index is 1000. The van der Waals surface area contributed by atoms with Crippen LogP contribution in [0, 0.1) is 11.6 Å². The van der Waals surface area contributed by atoms with Gasteiger partial charge >= 0.3 is 0 Å². The summed E-state index contributed by atoms with van der Waals surface area (Å²) in [5, 5.41) is 2.78. The maximum atomic E-state index is 14.8. The van der Waals surface area contributed by atoms with Crippen LogP contribution in [0.25, 0.3) is 22.0 Å². The fraction of sp³-hybridized carbons (Fsp3) is 0.111. The number of rotatable bonds is 2. The van der Waals surface area contributed by atoms with E-state index >= 15 is 0 Å². The first-order valence-electron chi connectivity index (χ1n) is 7.33. The van der Waals surface area contributed by atoms with Crippen molar-refractivity contribution < 1.29 is 18.3 Å². The van der Waals surface area contributed by atoms with Crippen molar-refractivity contribution in [3.8, 4) is 16.9 Å². The van der Waals surface area contributed by atoms with Crippen LogP contribution in [0.2, 0.25) is 0 Å². The molecule has 2 aromatic carbocycles. The molecule has 2 heterocycles. The van der Waals surface area contributed by atoms with Gasteiger partial charge in [-0.05, 0) is 24.3 Å². The molecule has 0 saturated carbocycles. The van der Waals surface area contributed by atoms with Crippen LogP contribution < -0.4 is 10.1 Å². The van der Waals surface area contributed by atoms with E-state index in [1.54, 1.807) is 18.2 Å². The molecule has 120 valence electrons. The Hall–Kier alpha value is -3.02. The third kappa shape index (κ3) is 2.03. The van der Waals surface area contributed by atoms with Gasteiger partial charge in [-0.1, -0.05) is 12.1 Å². The molecule has 0 aliphatic carbocycles. The largest absolute Gasteiger partial charge is 0.496 e. The van der Waals surface area contributed by atoms with E-state index in [0.717, 1.165) is 0 Å². The van der Waals surface area contributed by atoms with Crippen LogP contribution in [0.15, 0.2) is 36.4 Å². The van der Waals surface area contributed by atoms with Crippen molar-refractivity contribution in [3.63, 3.8) is 0 Å². The molecule has 0 atom stereocenters. The zero-order chi connectivity index (χ0) is 16.8. The zero-order valence-electron chi connectivity index (χ0n) is 12.7. The molecule has 1 N–H and O–H groups in total. The Labute approximate surface area is 136 Å². The molecular weight excluding hydrogens is 314 g/mol. The monoisotopic (exact) mass is 326 g/mol. The first kappa shape index (κ1) is 14.6. The van der Waals surface area contributed by atoms with Crippen LogP contribution in [0.4, 0.5) is 8.78 Å². The third-order valence-electron chi connectivity index (χ3n) is 4.12. The molecule has 1 amide bonds. The highest BCUT2D eigenvalue weighted by molar-refractivity contribution is 6.04. The number of methoxy groups -OCH3 is 1. The van der Waals surface area contributed by atoms with E-state index in [1.807, 2.05) is 0 Å². The molecule has 0 unspecified atom stereocenters. The second kappa shape index (κ2) is 5.26. The average Bonchev–Trinajstić information content (AvgIpc) is 2.96. The lowest BCUT2D eigenvalue weighted by Gasteiger charge is -2.12. The summed E-state index contributed by atoms with van der Waals surface area (Å²) >= 11 is 0. The summed E-state index contributed by atoms with van der Waals surface area (Å²) in [5.74, 6) is -1.05. The van der Waals surface area contributed by atoms with Gasteiger partial charge in [0.2, 0.25) is 0 Å². The van der Waals surface area contributed by atoms with Crippen molar-refractivity contribution in [1.82, 2.24) is 10.3 Å². The highest BCUT2D eigenvalue weighted by Gasteiger charge is 2.27. The summed E-state index contributed by atoms with van der Waals surface area (Å²) in [7, 11) is 1.48. The second-order valence-electron chi connectivity index (χ2n) is 5.48. The van der Waals surface area contributed by atoms with Gasteiger partial charge in [-0.15, -0.1) is 0 Å². The Kier molecular flexibility index (Phi) is 3.19. The Morgan fingerprint density at radius 3 is 2.79 bits per heavy atom. The molecule has 0 radical (unpaired) electrons. The molecule has 4 nitrogen and oxygen atoms in total. The molecule has 4 rings (SSSR count). The number of carbonyl (C=O) groups excluding carboxylic acids is 1. The number of carbonyl (C=O) groups is 1. The Morgan fingerprint density at radius 1 is 1.17 bits per heavy atom. The number of aromatic nitrogens is 1. The van der Waals surface area contributed by atoms with Crippen LogP contribution in [-0.2, 0) is 6.54 Å². The zero-order valence-corrected chi connectivity index (χ0v) is 12.7. The summed E-state index contributed by atoms with van der Waals surface area (Å²) in [6, 6.07) is 9.05. The maximum absolute atomic E-state index is 14.8. The molecule has 6 heteroatoms. The van der Waals surface area contributed by atoms with Crippen LogP contribution >= 0.6 is 0 Å². The summed E-state index contributed by atoms with van der Waals surface area (Å²) in [5.41, 5.74) is 1.73. The van der Waals surface area contributed by atoms with E-state index in [-0.39, 0.29) is 17.5 Å². The number of amides is 1. The van der Waals surface area contributed by atoms with Crippen LogP contribution in [0.5, 0.6) is 5.75 Å². The number of nitrogens with zero attached hydrogens (tertiary/aromatic N) is 1. The lowest BCUT2D eigenvalue weighted by atomic mass is 9.99. The first-order chi connectivity index (χ1) is 11.6. The van der Waals surface area contributed by atoms with Crippen molar-refractivity contribution in [3.05, 3.63) is 59.3 Å². The maximum Gasteiger partial charge on any atom is 0.256 e. The van der Waals surface area contributed by atoms with Crippen molar-refractivity contribution in [2.75, 3.05) is 7.11 Å². The minimum atomic E-state index is -0.609. The summed E-state index contributed by atoms with van der Waals surface area (Å²) < 4.78 is 33.8. The second-order valence-corrected chi connectivity index (χ2v) is 5.48. The molecule has 1 aromatic heterocycles. The number of hydrogen-bond donors (Lipinski definition) is 1. The van der Waals surface area contributed by atoms with E-state index in [4.69, 9.17) is 4.74 Å². The Morgan fingerprint density at radius 2 is 2.00 bits per heavy atom. The summed E-state index contributed by atoms with van der Waals surface area (Å²) in [6.07, 6.45) is 0. The van der Waals surface area contributed by atoms with E-state index < -0.39 is 17.5 Å². The summed E-state index contributed by atoms with van der Waals surface area (Å²) in [4.78, 5) is 16.2. The van der Waals surface area contributed by atoms with Gasteiger partial charge in [0.1, 0.15) is 17.4 Å². The van der Waals surface area contributed by atoms with E-state index in [1.165, 1.54) is 25.3 Å². The molecule has 1 aliphatic heterocycles. The molecule has 0 saturated heterocycles. The highest BCUT2D eigenvalue weighted by Crippen LogP contribution is 2.36. The fourth-order valence-electron chi connectivity index (χ4n) is 3.01. The van der Waals surface area contributed by atoms with Crippen LogP contribution in [0.3, 0.4) is 0 Å². The summed E-state index contributed by atoms with van der Waals surface area (Å²) in [6.45, 7) is 0.176. The molecule has 3 aromatic rings. The smallest absolute Gasteiger partial charge is 0.256 e. The van der Waals surface area contributed by atoms with Crippen molar-refractivity contribution in [1.29, 1.82) is 0 Å². The topological polar surface area (TPSA) is 51.2 Å². The van der Waals surface area contributed by atoms with Gasteiger partial charge in [0.15, 0.2) is 0 Å². The molecule has 1 aliphatic rings. The predicted molar refractivity (Wildman–Crippen MR) is 84.8 cm³/mol. The van der Waals surface area contributed by atoms with Crippen molar-refractivity contribution in [2.24, 2.45) is 0 Å². The molecular formula is C18H12F2N2O2. The molecule has 0 fully saturated rings. The van der Waals surface area contributed by atoms with E-state index in [2.05, 4.69) is 10.3 Å². The number of nitrogens with one attached hydrogen (secondary N) is 1. The lowest BCUT2D eigenvalue weighted by Crippen LogP contribution is -2.13. The van der Waals surface area contributed by atoms with Gasteiger partial charge < -0.3 is 10.1 Å². The van der Waals surface area contributed by atoms with Gasteiger partial charge in [-0.2, -0.15) is 0 Å². The SMILES string of the molecule is COc1ccc(F)cc1-c1cccc2c(F)c3c(nc12)CNC3=O. The molecule has 24 heavy (non-hydrogen) atoms. The number of pyridine rings is 1. The van der Waals surface area contributed by atoms with Gasteiger partial charge in [0.25, 0.3) is 5.91 Å². The van der Waals surface area contributed by atoms with E-state index in [9.17, 15) is 13.6 Å². The number of hydrogen-bond acceptors (Lipinski definition) is 3. The quantitative estimate of drug-likeness (QED) is 0.785. The van der Waals surface area contributed by atoms with Crippen molar-refractivity contribution >= 4 is 16.8 Å². The minimum Gasteiger partial charge on any atom is -0.496 e. The number of halogens is 2. The number of para-hydroxylation sites is 1. The normalized spacial score (nSPS) is 13.0. The van der Waals surface area contributed by atoms with Gasteiger partial charge in [0, 0.05) is 16.5 Å². The lowest BCUT2D eigenvalue weighted by molar-refractivity contribution is 0.0962. The van der Waals surface area contributed by atoms with Gasteiger partial charge in [-0.3, -0.25) is 4.79 Å². The fourth-order valence-corrected chi connectivity index (χ4v) is 3.01.